The summed E-state index contributed by atoms with van der Waals surface area (Å²) in [4.78, 5) is 28.5. The van der Waals surface area contributed by atoms with Crippen molar-refractivity contribution in [1.29, 1.82) is 0 Å². The van der Waals surface area contributed by atoms with Gasteiger partial charge in [0.15, 0.2) is 0 Å². The summed E-state index contributed by atoms with van der Waals surface area (Å²) in [6, 6.07) is 1.62. The predicted octanol–water partition coefficient (Wildman–Crippen LogP) is 1.59. The summed E-state index contributed by atoms with van der Waals surface area (Å²) in [7, 11) is 0. The number of aryl methyl sites for hydroxylation is 1. The summed E-state index contributed by atoms with van der Waals surface area (Å²) in [5.41, 5.74) is 1.06. The van der Waals surface area contributed by atoms with Gasteiger partial charge in [0.1, 0.15) is 0 Å². The van der Waals surface area contributed by atoms with Crippen LogP contribution in [0.2, 0.25) is 5.02 Å². The number of likely N-dealkylation sites (tertiary alicyclic amines) is 1. The Morgan fingerprint density at radius 1 is 1.56 bits per heavy atom. The Hall–Kier alpha value is -1.62. The fourth-order valence-electron chi connectivity index (χ4n) is 2.00. The molecular formula is C12H13ClN2O3. The zero-order valence-electron chi connectivity index (χ0n) is 9.89. The molecule has 1 aromatic rings. The van der Waals surface area contributed by atoms with Crippen LogP contribution in [0.4, 0.5) is 0 Å². The highest BCUT2D eigenvalue weighted by Crippen LogP contribution is 2.22. The molecule has 1 unspecified atom stereocenters. The van der Waals surface area contributed by atoms with Gasteiger partial charge < -0.3 is 10.0 Å². The van der Waals surface area contributed by atoms with Crippen LogP contribution in [0, 0.1) is 12.8 Å². The molecule has 6 heteroatoms. The normalized spacial score (nSPS) is 19.0. The third kappa shape index (κ3) is 2.46. The zero-order chi connectivity index (χ0) is 13.3. The number of pyridine rings is 1. The molecule has 96 valence electrons. The molecule has 0 bridgehead atoms. The van der Waals surface area contributed by atoms with E-state index in [-0.39, 0.29) is 12.5 Å². The van der Waals surface area contributed by atoms with Crippen molar-refractivity contribution < 1.29 is 14.7 Å². The van der Waals surface area contributed by atoms with E-state index >= 15 is 0 Å². The van der Waals surface area contributed by atoms with E-state index in [0.717, 1.165) is 5.69 Å². The van der Waals surface area contributed by atoms with Gasteiger partial charge in [0.05, 0.1) is 16.5 Å². The van der Waals surface area contributed by atoms with Gasteiger partial charge in [-0.15, -0.1) is 0 Å². The van der Waals surface area contributed by atoms with Crippen LogP contribution < -0.4 is 0 Å². The summed E-state index contributed by atoms with van der Waals surface area (Å²) in [6.07, 6.45) is 1.92. The van der Waals surface area contributed by atoms with Crippen molar-refractivity contribution in [2.24, 2.45) is 5.92 Å². The van der Waals surface area contributed by atoms with E-state index in [0.29, 0.717) is 23.6 Å². The second kappa shape index (κ2) is 4.94. The van der Waals surface area contributed by atoms with Crippen molar-refractivity contribution in [3.05, 3.63) is 28.5 Å². The van der Waals surface area contributed by atoms with Crippen molar-refractivity contribution in [3.63, 3.8) is 0 Å². The molecule has 1 atom stereocenters. The van der Waals surface area contributed by atoms with Crippen molar-refractivity contribution in [2.75, 3.05) is 13.1 Å². The average Bonchev–Trinajstić information content (AvgIpc) is 2.77. The third-order valence-electron chi connectivity index (χ3n) is 3.05. The smallest absolute Gasteiger partial charge is 0.308 e. The Bertz CT molecular complexity index is 504. The Balaban J connectivity index is 2.15. The first-order valence-electron chi connectivity index (χ1n) is 5.63. The average molecular weight is 269 g/mol. The van der Waals surface area contributed by atoms with Crippen molar-refractivity contribution >= 4 is 23.5 Å². The number of rotatable bonds is 2. The highest BCUT2D eigenvalue weighted by Gasteiger charge is 2.32. The predicted molar refractivity (Wildman–Crippen MR) is 65.6 cm³/mol. The molecule has 2 rings (SSSR count). The van der Waals surface area contributed by atoms with Gasteiger partial charge in [-0.1, -0.05) is 11.6 Å². The van der Waals surface area contributed by atoms with Gasteiger partial charge in [0.25, 0.3) is 5.91 Å². The van der Waals surface area contributed by atoms with Crippen LogP contribution in [0.15, 0.2) is 12.3 Å². The monoisotopic (exact) mass is 268 g/mol. The van der Waals surface area contributed by atoms with Gasteiger partial charge in [0, 0.05) is 25.0 Å². The molecule has 1 saturated heterocycles. The Morgan fingerprint density at radius 2 is 2.28 bits per heavy atom. The number of carbonyl (C=O) groups excluding carboxylic acids is 1. The molecule has 0 saturated carbocycles. The summed E-state index contributed by atoms with van der Waals surface area (Å²) in [5.74, 6) is -1.60. The minimum absolute atomic E-state index is 0.234. The van der Waals surface area contributed by atoms with Crippen LogP contribution in [-0.4, -0.2) is 40.0 Å². The van der Waals surface area contributed by atoms with Crippen LogP contribution in [-0.2, 0) is 4.79 Å². The zero-order valence-corrected chi connectivity index (χ0v) is 10.6. The van der Waals surface area contributed by atoms with E-state index in [1.807, 2.05) is 0 Å². The maximum atomic E-state index is 12.2. The SMILES string of the molecule is Cc1cc(Cl)c(C(=O)N2CCC(C(=O)O)C2)cn1. The van der Waals surface area contributed by atoms with Crippen LogP contribution >= 0.6 is 11.6 Å². The molecule has 18 heavy (non-hydrogen) atoms. The van der Waals surface area contributed by atoms with Gasteiger partial charge in [-0.25, -0.2) is 0 Å². The first-order valence-corrected chi connectivity index (χ1v) is 6.01. The number of hydrogen-bond acceptors (Lipinski definition) is 3. The third-order valence-corrected chi connectivity index (χ3v) is 3.36. The molecule has 1 aromatic heterocycles. The van der Waals surface area contributed by atoms with Crippen molar-refractivity contribution in [2.45, 2.75) is 13.3 Å². The lowest BCUT2D eigenvalue weighted by molar-refractivity contribution is -0.141. The van der Waals surface area contributed by atoms with E-state index in [1.165, 1.54) is 11.1 Å². The summed E-state index contributed by atoms with van der Waals surface area (Å²) >= 11 is 6.00. The van der Waals surface area contributed by atoms with Crippen molar-refractivity contribution in [3.8, 4) is 0 Å². The van der Waals surface area contributed by atoms with Crippen LogP contribution in [0.25, 0.3) is 0 Å². The topological polar surface area (TPSA) is 70.5 Å². The second-order valence-corrected chi connectivity index (χ2v) is 4.79. The van der Waals surface area contributed by atoms with E-state index in [1.54, 1.807) is 13.0 Å². The van der Waals surface area contributed by atoms with Crippen LogP contribution in [0.3, 0.4) is 0 Å². The minimum atomic E-state index is -0.863. The van der Waals surface area contributed by atoms with Crippen molar-refractivity contribution in [1.82, 2.24) is 9.88 Å². The lowest BCUT2D eigenvalue weighted by Crippen LogP contribution is -2.30. The molecule has 0 aliphatic carbocycles. The molecule has 1 amide bonds. The summed E-state index contributed by atoms with van der Waals surface area (Å²) in [6.45, 7) is 2.47. The molecule has 1 aliphatic heterocycles. The number of carboxylic acids is 1. The Kier molecular flexibility index (Phi) is 3.52. The van der Waals surface area contributed by atoms with Gasteiger partial charge >= 0.3 is 5.97 Å². The molecule has 1 N–H and O–H groups in total. The quantitative estimate of drug-likeness (QED) is 0.884. The van der Waals surface area contributed by atoms with E-state index in [4.69, 9.17) is 16.7 Å². The maximum absolute atomic E-state index is 12.2. The first kappa shape index (κ1) is 12.8. The molecule has 1 aliphatic rings. The summed E-state index contributed by atoms with van der Waals surface area (Å²) < 4.78 is 0. The van der Waals surface area contributed by atoms with E-state index in [2.05, 4.69) is 4.98 Å². The Morgan fingerprint density at radius 3 is 2.83 bits per heavy atom. The largest absolute Gasteiger partial charge is 0.481 e. The fourth-order valence-corrected chi connectivity index (χ4v) is 2.29. The lowest BCUT2D eigenvalue weighted by Gasteiger charge is -2.16. The molecule has 0 radical (unpaired) electrons. The molecule has 0 aromatic carbocycles. The van der Waals surface area contributed by atoms with Gasteiger partial charge in [0.2, 0.25) is 0 Å². The van der Waals surface area contributed by atoms with E-state index in [9.17, 15) is 9.59 Å². The highest BCUT2D eigenvalue weighted by atomic mass is 35.5. The number of carboxylic acid groups (broad SMARTS) is 1. The number of hydrogen-bond donors (Lipinski definition) is 1. The number of halogens is 1. The number of aliphatic carboxylic acids is 1. The Labute approximate surface area is 109 Å². The number of nitrogens with zero attached hydrogens (tertiary/aromatic N) is 2. The standard InChI is InChI=1S/C12H13ClN2O3/c1-7-4-10(13)9(5-14-7)11(16)15-3-2-8(6-15)12(17)18/h4-5,8H,2-3,6H2,1H3,(H,17,18). The van der Waals surface area contributed by atoms with Gasteiger partial charge in [-0.05, 0) is 19.4 Å². The maximum Gasteiger partial charge on any atom is 0.308 e. The van der Waals surface area contributed by atoms with Crippen LogP contribution in [0.1, 0.15) is 22.5 Å². The lowest BCUT2D eigenvalue weighted by atomic mass is 10.1. The van der Waals surface area contributed by atoms with Crippen LogP contribution in [0.5, 0.6) is 0 Å². The number of carbonyl (C=O) groups is 2. The highest BCUT2D eigenvalue weighted by molar-refractivity contribution is 6.33. The number of aromatic nitrogens is 1. The summed E-state index contributed by atoms with van der Waals surface area (Å²) in [5, 5.41) is 9.25. The first-order chi connectivity index (χ1) is 8.49. The molecule has 5 nitrogen and oxygen atoms in total. The fraction of sp³-hybridized carbons (Fsp3) is 0.417. The molecule has 2 heterocycles. The minimum Gasteiger partial charge on any atom is -0.481 e. The van der Waals surface area contributed by atoms with Gasteiger partial charge in [-0.3, -0.25) is 14.6 Å². The second-order valence-electron chi connectivity index (χ2n) is 4.38. The van der Waals surface area contributed by atoms with E-state index < -0.39 is 11.9 Å². The molecular weight excluding hydrogens is 256 g/mol. The number of amides is 1. The molecule has 0 spiro atoms. The molecule has 1 fully saturated rings. The van der Waals surface area contributed by atoms with Gasteiger partial charge in [-0.2, -0.15) is 0 Å².